The Morgan fingerprint density at radius 3 is 2.44 bits per heavy atom. The van der Waals surface area contributed by atoms with Crippen LogP contribution in [0.25, 0.3) is 0 Å². The molecule has 0 atom stereocenters. The van der Waals surface area contributed by atoms with Crippen molar-refractivity contribution >= 4 is 23.0 Å². The van der Waals surface area contributed by atoms with Crippen LogP contribution in [0.3, 0.4) is 0 Å². The van der Waals surface area contributed by atoms with Gasteiger partial charge in [-0.15, -0.1) is 0 Å². The molecule has 3 rings (SSSR count). The van der Waals surface area contributed by atoms with Gasteiger partial charge in [0.1, 0.15) is 17.1 Å². The van der Waals surface area contributed by atoms with Gasteiger partial charge in [-0.25, -0.2) is 4.79 Å². The van der Waals surface area contributed by atoms with Crippen LogP contribution >= 0.6 is 0 Å². The number of rotatable bonds is 7. The second kappa shape index (κ2) is 10.0. The van der Waals surface area contributed by atoms with Crippen molar-refractivity contribution in [2.45, 2.75) is 19.8 Å². The van der Waals surface area contributed by atoms with Crippen LogP contribution in [0.15, 0.2) is 54.6 Å². The van der Waals surface area contributed by atoms with Gasteiger partial charge in [0.05, 0.1) is 36.2 Å². The zero-order valence-corrected chi connectivity index (χ0v) is 17.8. The lowest BCUT2D eigenvalue weighted by Crippen LogP contribution is -2.07. The Morgan fingerprint density at radius 2 is 1.81 bits per heavy atom. The molecule has 160 valence electrons. The first kappa shape index (κ1) is 22.2. The maximum atomic E-state index is 12.3. The van der Waals surface area contributed by atoms with Gasteiger partial charge < -0.3 is 20.5 Å². The van der Waals surface area contributed by atoms with Crippen LogP contribution < -0.4 is 15.8 Å². The first-order valence-electron chi connectivity index (χ1n) is 9.88. The van der Waals surface area contributed by atoms with Crippen molar-refractivity contribution in [2.24, 2.45) is 0 Å². The molecule has 0 saturated carbocycles. The van der Waals surface area contributed by atoms with Gasteiger partial charge in [0.15, 0.2) is 0 Å². The lowest BCUT2D eigenvalue weighted by Gasteiger charge is -2.17. The summed E-state index contributed by atoms with van der Waals surface area (Å²) in [7, 11) is 1.29. The van der Waals surface area contributed by atoms with Crippen molar-refractivity contribution in [2.75, 3.05) is 18.2 Å². The van der Waals surface area contributed by atoms with E-state index in [4.69, 9.17) is 25.7 Å². The normalized spacial score (nSPS) is 10.0. The summed E-state index contributed by atoms with van der Waals surface area (Å²) >= 11 is 0. The van der Waals surface area contributed by atoms with Crippen molar-refractivity contribution in [1.29, 1.82) is 10.5 Å². The number of hydrogen-bond donors (Lipinski definition) is 2. The third-order valence-corrected chi connectivity index (χ3v) is 4.83. The Kier molecular flexibility index (Phi) is 6.95. The number of nitrogens with one attached hydrogen (secondary N) is 1. The predicted molar refractivity (Wildman–Crippen MR) is 122 cm³/mol. The average molecular weight is 426 g/mol. The third kappa shape index (κ3) is 5.16. The zero-order chi connectivity index (χ0) is 23.1. The highest BCUT2D eigenvalue weighted by Crippen LogP contribution is 2.36. The van der Waals surface area contributed by atoms with E-state index >= 15 is 0 Å². The van der Waals surface area contributed by atoms with Gasteiger partial charge in [0.25, 0.3) is 0 Å². The maximum Gasteiger partial charge on any atom is 0.341 e. The first-order valence-corrected chi connectivity index (χ1v) is 9.88. The second-order valence-corrected chi connectivity index (χ2v) is 7.10. The molecular formula is C25H22N4O3. The van der Waals surface area contributed by atoms with Crippen molar-refractivity contribution < 1.29 is 14.3 Å². The molecule has 0 aliphatic heterocycles. The Balaban J connectivity index is 1.95. The highest BCUT2D eigenvalue weighted by molar-refractivity contribution is 5.96. The fourth-order valence-electron chi connectivity index (χ4n) is 3.14. The van der Waals surface area contributed by atoms with Crippen LogP contribution in [0.5, 0.6) is 11.5 Å². The minimum absolute atomic E-state index is 0.198. The van der Waals surface area contributed by atoms with E-state index in [1.165, 1.54) is 13.2 Å². The molecule has 0 heterocycles. The van der Waals surface area contributed by atoms with Gasteiger partial charge in [-0.2, -0.15) is 10.5 Å². The van der Waals surface area contributed by atoms with Crippen molar-refractivity contribution in [3.8, 4) is 23.6 Å². The van der Waals surface area contributed by atoms with Crippen LogP contribution in [0.1, 0.15) is 33.5 Å². The van der Waals surface area contributed by atoms with E-state index in [9.17, 15) is 4.79 Å². The summed E-state index contributed by atoms with van der Waals surface area (Å²) in [6.45, 7) is 1.90. The van der Waals surface area contributed by atoms with Gasteiger partial charge in [0, 0.05) is 18.2 Å². The number of aryl methyl sites for hydroxylation is 2. The van der Waals surface area contributed by atoms with Crippen LogP contribution in [0, 0.1) is 29.6 Å². The lowest BCUT2D eigenvalue weighted by atomic mass is 10.1. The summed E-state index contributed by atoms with van der Waals surface area (Å²) in [4.78, 5) is 12.3. The lowest BCUT2D eigenvalue weighted by molar-refractivity contribution is 0.0598. The minimum atomic E-state index is -0.570. The quantitative estimate of drug-likeness (QED) is 0.392. The fourth-order valence-corrected chi connectivity index (χ4v) is 3.14. The van der Waals surface area contributed by atoms with E-state index in [1.807, 2.05) is 25.1 Å². The predicted octanol–water partition coefficient (Wildman–Crippen LogP) is 5.23. The zero-order valence-electron chi connectivity index (χ0n) is 17.8. The summed E-state index contributed by atoms with van der Waals surface area (Å²) in [6, 6.07) is 19.9. The molecule has 7 heteroatoms. The number of nitrogens with two attached hydrogens (primary N) is 1. The number of nitrogen functional groups attached to an aromatic ring is 1. The number of carbonyl (C=O) groups is 1. The second-order valence-electron chi connectivity index (χ2n) is 7.10. The molecular weight excluding hydrogens is 404 g/mol. The first-order chi connectivity index (χ1) is 15.4. The molecule has 7 nitrogen and oxygen atoms in total. The number of methoxy groups -OCH3 is 1. The van der Waals surface area contributed by atoms with Gasteiger partial charge in [-0.1, -0.05) is 12.1 Å². The topological polar surface area (TPSA) is 121 Å². The van der Waals surface area contributed by atoms with Crippen molar-refractivity contribution in [3.63, 3.8) is 0 Å². The highest BCUT2D eigenvalue weighted by Gasteiger charge is 2.18. The Hall–Kier alpha value is -4.49. The van der Waals surface area contributed by atoms with Crippen molar-refractivity contribution in [1.82, 2.24) is 0 Å². The Morgan fingerprint density at radius 1 is 1.06 bits per heavy atom. The van der Waals surface area contributed by atoms with Gasteiger partial charge in [-0.3, -0.25) is 0 Å². The SMILES string of the molecule is COC(=O)c1cc(N)c(Nc2ccc(C#N)cc2)cc1Oc1ccc(CCC#N)cc1C. The number of anilines is 3. The van der Waals surface area contributed by atoms with Gasteiger partial charge in [-0.05, 0) is 60.9 Å². The Bertz CT molecular complexity index is 1220. The molecule has 0 aromatic heterocycles. The van der Waals surface area contributed by atoms with Crippen LogP contribution in [0.2, 0.25) is 0 Å². The van der Waals surface area contributed by atoms with Crippen LogP contribution in [-0.2, 0) is 11.2 Å². The highest BCUT2D eigenvalue weighted by atomic mass is 16.5. The van der Waals surface area contributed by atoms with E-state index < -0.39 is 5.97 Å². The number of esters is 1. The molecule has 3 aromatic carbocycles. The number of carbonyl (C=O) groups excluding carboxylic acids is 1. The third-order valence-electron chi connectivity index (χ3n) is 4.83. The standard InChI is InChI=1S/C25H22N4O3/c1-16-12-17(4-3-11-26)7-10-23(16)32-24-14-22(21(28)13-20(24)25(30)31-2)29-19-8-5-18(15-27)6-9-19/h5-10,12-14,29H,3-4,28H2,1-2H3. The monoisotopic (exact) mass is 426 g/mol. The van der Waals surface area contributed by atoms with Crippen LogP contribution in [-0.4, -0.2) is 13.1 Å². The maximum absolute atomic E-state index is 12.3. The van der Waals surface area contributed by atoms with Crippen LogP contribution in [0.4, 0.5) is 17.1 Å². The molecule has 0 aliphatic carbocycles. The van der Waals surface area contributed by atoms with E-state index in [0.717, 1.165) is 16.8 Å². The number of hydrogen-bond acceptors (Lipinski definition) is 7. The molecule has 0 fully saturated rings. The molecule has 3 aromatic rings. The summed E-state index contributed by atoms with van der Waals surface area (Å²) < 4.78 is 11.0. The molecule has 0 saturated heterocycles. The Labute approximate surface area is 186 Å². The smallest absolute Gasteiger partial charge is 0.341 e. The summed E-state index contributed by atoms with van der Waals surface area (Å²) in [5.41, 5.74) is 10.4. The number of nitrogens with zero attached hydrogens (tertiary/aromatic N) is 2. The van der Waals surface area contributed by atoms with Crippen molar-refractivity contribution in [3.05, 3.63) is 76.9 Å². The largest absolute Gasteiger partial charge is 0.465 e. The van der Waals surface area contributed by atoms with Gasteiger partial charge in [0.2, 0.25) is 0 Å². The number of ether oxygens (including phenoxy) is 2. The summed E-state index contributed by atoms with van der Waals surface area (Å²) in [5.74, 6) is 0.292. The molecule has 0 spiro atoms. The van der Waals surface area contributed by atoms with E-state index in [0.29, 0.717) is 35.5 Å². The molecule has 32 heavy (non-hydrogen) atoms. The molecule has 0 radical (unpaired) electrons. The fraction of sp³-hybridized carbons (Fsp3) is 0.160. The molecule has 3 N–H and O–H groups in total. The number of benzene rings is 3. The molecule has 0 aliphatic rings. The molecule has 0 unspecified atom stereocenters. The molecule has 0 amide bonds. The van der Waals surface area contributed by atoms with E-state index in [2.05, 4.69) is 17.5 Å². The van der Waals surface area contributed by atoms with E-state index in [1.54, 1.807) is 30.3 Å². The van der Waals surface area contributed by atoms with Gasteiger partial charge >= 0.3 is 5.97 Å². The minimum Gasteiger partial charge on any atom is -0.465 e. The number of nitriles is 2. The summed E-state index contributed by atoms with van der Waals surface area (Å²) in [5, 5.41) is 20.9. The summed E-state index contributed by atoms with van der Waals surface area (Å²) in [6.07, 6.45) is 1.10. The average Bonchev–Trinajstić information content (AvgIpc) is 2.81. The molecule has 0 bridgehead atoms. The van der Waals surface area contributed by atoms with E-state index in [-0.39, 0.29) is 11.3 Å².